The summed E-state index contributed by atoms with van der Waals surface area (Å²) in [6.07, 6.45) is 62.5. The molecule has 0 aliphatic rings. The third-order valence-corrected chi connectivity index (χ3v) is 13.4. The van der Waals surface area contributed by atoms with Crippen molar-refractivity contribution < 1.29 is 25.2 Å². The smallest absolute Gasteiger partial charge is 0.249 e. The third-order valence-electron chi connectivity index (χ3n) is 13.4. The molecule has 0 rings (SSSR count). The predicted octanol–water partition coefficient (Wildman–Crippen LogP) is 16.3. The van der Waals surface area contributed by atoms with Gasteiger partial charge in [-0.05, 0) is 51.4 Å². The molecule has 0 bridgehead atoms. The molecule has 0 fully saturated rings. The first-order valence-electron chi connectivity index (χ1n) is 28.2. The number of nitrogens with one attached hydrogen (secondary N) is 1. The number of hydrogen-bond donors (Lipinski definition) is 5. The highest BCUT2D eigenvalue weighted by molar-refractivity contribution is 5.80. The number of rotatable bonds is 52. The molecule has 0 saturated heterocycles. The Kier molecular flexibility index (Phi) is 50.8. The summed E-state index contributed by atoms with van der Waals surface area (Å²) in [6, 6.07) is -1.01. The molecule has 5 N–H and O–H groups in total. The van der Waals surface area contributed by atoms with Crippen molar-refractivity contribution in [3.63, 3.8) is 0 Å². The van der Waals surface area contributed by atoms with Crippen LogP contribution in [0.25, 0.3) is 0 Å². The minimum atomic E-state index is -1.29. The van der Waals surface area contributed by atoms with E-state index in [9.17, 15) is 25.2 Å². The fraction of sp³-hybridized carbons (Fsp3) is 0.912. The highest BCUT2D eigenvalue weighted by Crippen LogP contribution is 2.18. The van der Waals surface area contributed by atoms with E-state index in [1.165, 1.54) is 231 Å². The van der Waals surface area contributed by atoms with Crippen molar-refractivity contribution in [3.05, 3.63) is 24.3 Å². The maximum absolute atomic E-state index is 12.6. The summed E-state index contributed by atoms with van der Waals surface area (Å²) in [5.74, 6) is -0.592. The zero-order valence-electron chi connectivity index (χ0n) is 42.3. The molecule has 0 spiro atoms. The van der Waals surface area contributed by atoms with Gasteiger partial charge in [0, 0.05) is 0 Å². The summed E-state index contributed by atoms with van der Waals surface area (Å²) >= 11 is 0. The summed E-state index contributed by atoms with van der Waals surface area (Å²) in [7, 11) is 0. The first-order chi connectivity index (χ1) is 31.0. The van der Waals surface area contributed by atoms with Gasteiger partial charge in [0.15, 0.2) is 0 Å². The molecule has 0 aromatic rings. The monoisotopic (exact) mass is 890 g/mol. The van der Waals surface area contributed by atoms with Gasteiger partial charge >= 0.3 is 0 Å². The van der Waals surface area contributed by atoms with Gasteiger partial charge in [-0.2, -0.15) is 0 Å². The third kappa shape index (κ3) is 45.7. The number of carbonyl (C=O) groups excluding carboxylic acids is 1. The zero-order chi connectivity index (χ0) is 45.9. The fourth-order valence-corrected chi connectivity index (χ4v) is 8.95. The van der Waals surface area contributed by atoms with Crippen molar-refractivity contribution in [2.75, 3.05) is 6.61 Å². The van der Waals surface area contributed by atoms with Gasteiger partial charge in [0.25, 0.3) is 0 Å². The molecular formula is C57H111NO5. The van der Waals surface area contributed by atoms with E-state index in [0.717, 1.165) is 38.5 Å². The Morgan fingerprint density at radius 3 is 1.00 bits per heavy atom. The molecule has 0 aliphatic carbocycles. The van der Waals surface area contributed by atoms with Crippen LogP contribution in [0.1, 0.15) is 303 Å². The van der Waals surface area contributed by atoms with Gasteiger partial charge in [-0.1, -0.05) is 276 Å². The summed E-state index contributed by atoms with van der Waals surface area (Å²) in [6.45, 7) is 4.07. The standard InChI is InChI=1S/C57H111NO5/c1-3-5-7-9-11-13-15-17-19-21-23-24-25-26-27-28-29-30-31-32-33-35-37-39-41-43-45-47-49-51-55(61)57(63)58-53(52-59)56(62)54(60)50-48-46-44-42-40-38-36-34-22-20-18-16-14-12-10-8-6-4-2/h34,36,42,44,53-56,59-62H,3-33,35,37-41,43,45-52H2,1-2H3,(H,58,63)/b36-34+,44-42+. The Labute approximate surface area is 393 Å². The van der Waals surface area contributed by atoms with Gasteiger partial charge in [0.05, 0.1) is 18.8 Å². The number of aliphatic hydroxyl groups excluding tert-OH is 4. The zero-order valence-corrected chi connectivity index (χ0v) is 42.3. The van der Waals surface area contributed by atoms with Gasteiger partial charge in [-0.15, -0.1) is 0 Å². The molecule has 0 aromatic carbocycles. The largest absolute Gasteiger partial charge is 0.394 e. The quantitative estimate of drug-likeness (QED) is 0.0309. The van der Waals surface area contributed by atoms with Crippen molar-refractivity contribution in [1.29, 1.82) is 0 Å². The molecule has 6 heteroatoms. The molecule has 4 atom stereocenters. The van der Waals surface area contributed by atoms with E-state index in [2.05, 4.69) is 43.5 Å². The van der Waals surface area contributed by atoms with E-state index in [1.54, 1.807) is 0 Å². The van der Waals surface area contributed by atoms with E-state index in [4.69, 9.17) is 0 Å². The second-order valence-corrected chi connectivity index (χ2v) is 19.6. The molecule has 0 radical (unpaired) electrons. The number of allylic oxidation sites excluding steroid dienone is 4. The second kappa shape index (κ2) is 51.8. The topological polar surface area (TPSA) is 110 Å². The van der Waals surface area contributed by atoms with E-state index < -0.39 is 36.9 Å². The number of hydrogen-bond acceptors (Lipinski definition) is 5. The molecule has 6 nitrogen and oxygen atoms in total. The number of carbonyl (C=O) groups is 1. The Balaban J connectivity index is 3.61. The van der Waals surface area contributed by atoms with Gasteiger partial charge in [-0.25, -0.2) is 0 Å². The van der Waals surface area contributed by atoms with Gasteiger partial charge < -0.3 is 25.7 Å². The Morgan fingerprint density at radius 1 is 0.381 bits per heavy atom. The summed E-state index contributed by atoms with van der Waals surface area (Å²) in [5.41, 5.74) is 0. The number of amides is 1. The molecule has 0 saturated carbocycles. The van der Waals surface area contributed by atoms with Gasteiger partial charge in [-0.3, -0.25) is 4.79 Å². The lowest BCUT2D eigenvalue weighted by Crippen LogP contribution is -2.53. The second-order valence-electron chi connectivity index (χ2n) is 19.6. The van der Waals surface area contributed by atoms with E-state index in [-0.39, 0.29) is 0 Å². The summed E-state index contributed by atoms with van der Waals surface area (Å²) < 4.78 is 0. The Bertz CT molecular complexity index is 955. The van der Waals surface area contributed by atoms with Crippen LogP contribution in [0.2, 0.25) is 0 Å². The Hall–Kier alpha value is -1.21. The Morgan fingerprint density at radius 2 is 0.667 bits per heavy atom. The maximum Gasteiger partial charge on any atom is 0.249 e. The molecule has 0 heterocycles. The average molecular weight is 891 g/mol. The van der Waals surface area contributed by atoms with E-state index in [0.29, 0.717) is 19.3 Å². The van der Waals surface area contributed by atoms with Crippen molar-refractivity contribution in [2.45, 2.75) is 327 Å². The van der Waals surface area contributed by atoms with Crippen LogP contribution < -0.4 is 5.32 Å². The first-order valence-corrected chi connectivity index (χ1v) is 28.2. The van der Waals surface area contributed by atoms with Crippen LogP contribution in [-0.4, -0.2) is 57.3 Å². The van der Waals surface area contributed by atoms with Crippen LogP contribution in [0.15, 0.2) is 24.3 Å². The number of aliphatic hydroxyl groups is 4. The highest BCUT2D eigenvalue weighted by atomic mass is 16.3. The molecule has 63 heavy (non-hydrogen) atoms. The van der Waals surface area contributed by atoms with E-state index in [1.807, 2.05) is 0 Å². The molecular weight excluding hydrogens is 779 g/mol. The maximum atomic E-state index is 12.6. The lowest BCUT2D eigenvalue weighted by atomic mass is 10.00. The summed E-state index contributed by atoms with van der Waals surface area (Å²) in [5, 5.41) is 43.9. The van der Waals surface area contributed by atoms with Crippen LogP contribution in [0.3, 0.4) is 0 Å². The minimum Gasteiger partial charge on any atom is -0.394 e. The fourth-order valence-electron chi connectivity index (χ4n) is 8.95. The van der Waals surface area contributed by atoms with Crippen LogP contribution in [0, 0.1) is 0 Å². The molecule has 0 aromatic heterocycles. The molecule has 1 amide bonds. The lowest BCUT2D eigenvalue weighted by Gasteiger charge is -2.27. The molecule has 0 aliphatic heterocycles. The van der Waals surface area contributed by atoms with Crippen LogP contribution in [0.4, 0.5) is 0 Å². The normalized spacial score (nSPS) is 13.9. The first kappa shape index (κ1) is 61.8. The number of unbranched alkanes of at least 4 members (excludes halogenated alkanes) is 39. The highest BCUT2D eigenvalue weighted by Gasteiger charge is 2.28. The van der Waals surface area contributed by atoms with Crippen LogP contribution >= 0.6 is 0 Å². The predicted molar refractivity (Wildman–Crippen MR) is 274 cm³/mol. The molecule has 4 unspecified atom stereocenters. The van der Waals surface area contributed by atoms with Crippen molar-refractivity contribution in [1.82, 2.24) is 5.32 Å². The van der Waals surface area contributed by atoms with E-state index >= 15 is 0 Å². The van der Waals surface area contributed by atoms with Crippen LogP contribution in [-0.2, 0) is 4.79 Å². The van der Waals surface area contributed by atoms with Gasteiger partial charge in [0.2, 0.25) is 5.91 Å². The lowest BCUT2D eigenvalue weighted by molar-refractivity contribution is -0.132. The minimum absolute atomic E-state index is 0.365. The van der Waals surface area contributed by atoms with Crippen molar-refractivity contribution in [3.8, 4) is 0 Å². The van der Waals surface area contributed by atoms with Gasteiger partial charge in [0.1, 0.15) is 12.2 Å². The van der Waals surface area contributed by atoms with Crippen molar-refractivity contribution in [2.24, 2.45) is 0 Å². The SMILES string of the molecule is CCCCCCCCCCC/C=C/CC/C=C/CCCC(O)C(O)C(CO)NC(=O)C(O)CCCCCCCCCCCCCCCCCCCCCCCCCCCCCCC. The summed E-state index contributed by atoms with van der Waals surface area (Å²) in [4.78, 5) is 12.6. The average Bonchev–Trinajstić information content (AvgIpc) is 3.29. The molecule has 374 valence electrons. The van der Waals surface area contributed by atoms with Crippen molar-refractivity contribution >= 4 is 5.91 Å². The van der Waals surface area contributed by atoms with Crippen LogP contribution in [0.5, 0.6) is 0 Å².